The fraction of sp³-hybridized carbons (Fsp3) is 0.519. The van der Waals surface area contributed by atoms with Gasteiger partial charge in [-0.25, -0.2) is 0 Å². The van der Waals surface area contributed by atoms with E-state index in [9.17, 15) is 9.59 Å². The molecule has 0 aliphatic heterocycles. The van der Waals surface area contributed by atoms with Gasteiger partial charge in [0.1, 0.15) is 0 Å². The van der Waals surface area contributed by atoms with Gasteiger partial charge >= 0.3 is 5.97 Å². The Labute approximate surface area is 210 Å². The van der Waals surface area contributed by atoms with Gasteiger partial charge in [-0.05, 0) is 28.3 Å². The van der Waals surface area contributed by atoms with E-state index >= 15 is 0 Å². The second-order valence-corrected chi connectivity index (χ2v) is 13.0. The first-order valence-electron chi connectivity index (χ1n) is 12.2. The summed E-state index contributed by atoms with van der Waals surface area (Å²) in [5.74, 6) is -0.868. The third-order valence-electron chi connectivity index (χ3n) is 6.03. The Kier molecular flexibility index (Phi) is 13.2. The van der Waals surface area contributed by atoms with Crippen molar-refractivity contribution in [3.8, 4) is 0 Å². The molecule has 0 bridgehead atoms. The SMILES string of the molecule is CC(C)(CCCOCCOCCOCCOCCC(=O)O)[Si](O)(c1ccccc1)c1ccccc1. The Morgan fingerprint density at radius 3 is 1.54 bits per heavy atom. The molecule has 0 fully saturated rings. The van der Waals surface area contributed by atoms with Gasteiger partial charge in [0.15, 0.2) is 0 Å². The van der Waals surface area contributed by atoms with Gasteiger partial charge in [-0.1, -0.05) is 74.5 Å². The first-order valence-corrected chi connectivity index (χ1v) is 14.2. The Hall–Kier alpha value is -2.07. The maximum Gasteiger partial charge on any atom is 0.305 e. The second-order valence-electron chi connectivity index (χ2n) is 9.02. The minimum atomic E-state index is -2.97. The van der Waals surface area contributed by atoms with Crippen molar-refractivity contribution in [2.45, 2.75) is 38.1 Å². The van der Waals surface area contributed by atoms with Crippen molar-refractivity contribution in [1.82, 2.24) is 0 Å². The summed E-state index contributed by atoms with van der Waals surface area (Å²) in [6.45, 7) is 7.87. The summed E-state index contributed by atoms with van der Waals surface area (Å²) < 4.78 is 21.8. The summed E-state index contributed by atoms with van der Waals surface area (Å²) in [7, 11) is -2.97. The van der Waals surface area contributed by atoms with Crippen LogP contribution >= 0.6 is 0 Å². The lowest BCUT2D eigenvalue weighted by molar-refractivity contribution is -0.138. The van der Waals surface area contributed by atoms with Gasteiger partial charge in [-0.3, -0.25) is 4.79 Å². The largest absolute Gasteiger partial charge is 0.481 e. The van der Waals surface area contributed by atoms with Gasteiger partial charge in [0.05, 0.1) is 52.7 Å². The summed E-state index contributed by atoms with van der Waals surface area (Å²) >= 11 is 0. The van der Waals surface area contributed by atoms with Crippen LogP contribution in [0.4, 0.5) is 0 Å². The number of hydrogen-bond donors (Lipinski definition) is 2. The Balaban J connectivity index is 1.63. The first kappa shape index (κ1) is 29.2. The molecule has 194 valence electrons. The fourth-order valence-electron chi connectivity index (χ4n) is 4.03. The summed E-state index contributed by atoms with van der Waals surface area (Å²) in [6.07, 6.45) is 1.71. The molecule has 0 aliphatic rings. The third-order valence-corrected chi connectivity index (χ3v) is 10.6. The second kappa shape index (κ2) is 15.8. The summed E-state index contributed by atoms with van der Waals surface area (Å²) in [5, 5.41) is 10.3. The monoisotopic (exact) mass is 504 g/mol. The van der Waals surface area contributed by atoms with E-state index in [0.717, 1.165) is 23.2 Å². The molecule has 0 saturated carbocycles. The molecule has 0 aliphatic carbocycles. The van der Waals surface area contributed by atoms with Crippen LogP contribution in [0, 0.1) is 0 Å². The van der Waals surface area contributed by atoms with Crippen LogP contribution in [0.5, 0.6) is 0 Å². The lowest BCUT2D eigenvalue weighted by Crippen LogP contribution is -2.65. The van der Waals surface area contributed by atoms with Gasteiger partial charge in [0.25, 0.3) is 8.32 Å². The highest BCUT2D eigenvalue weighted by molar-refractivity contribution is 6.98. The molecular formula is C27H40O7Si. The van der Waals surface area contributed by atoms with E-state index in [4.69, 9.17) is 24.1 Å². The van der Waals surface area contributed by atoms with Crippen LogP contribution in [-0.2, 0) is 23.7 Å². The minimum Gasteiger partial charge on any atom is -0.481 e. The van der Waals surface area contributed by atoms with Crippen molar-refractivity contribution in [2.75, 3.05) is 52.9 Å². The zero-order valence-electron chi connectivity index (χ0n) is 21.0. The molecule has 8 heteroatoms. The van der Waals surface area contributed by atoms with Crippen molar-refractivity contribution in [1.29, 1.82) is 0 Å². The molecule has 7 nitrogen and oxygen atoms in total. The van der Waals surface area contributed by atoms with Crippen LogP contribution < -0.4 is 10.4 Å². The number of rotatable bonds is 19. The molecule has 2 rings (SSSR count). The van der Waals surface area contributed by atoms with Gasteiger partial charge in [-0.15, -0.1) is 0 Å². The van der Waals surface area contributed by atoms with Crippen LogP contribution in [0.1, 0.15) is 33.1 Å². The molecule has 0 aromatic heterocycles. The number of benzene rings is 2. The van der Waals surface area contributed by atoms with E-state index < -0.39 is 14.3 Å². The van der Waals surface area contributed by atoms with Crippen molar-refractivity contribution in [3.63, 3.8) is 0 Å². The summed E-state index contributed by atoms with van der Waals surface area (Å²) in [4.78, 5) is 22.5. The van der Waals surface area contributed by atoms with E-state index in [2.05, 4.69) is 13.8 Å². The zero-order chi connectivity index (χ0) is 25.4. The van der Waals surface area contributed by atoms with E-state index in [1.54, 1.807) is 0 Å². The topological polar surface area (TPSA) is 94.5 Å². The highest BCUT2D eigenvalue weighted by Crippen LogP contribution is 2.39. The zero-order valence-corrected chi connectivity index (χ0v) is 22.0. The van der Waals surface area contributed by atoms with Crippen molar-refractivity contribution >= 4 is 24.7 Å². The molecule has 0 heterocycles. The fourth-order valence-corrected chi connectivity index (χ4v) is 7.81. The van der Waals surface area contributed by atoms with E-state index in [0.29, 0.717) is 46.2 Å². The molecule has 0 radical (unpaired) electrons. The van der Waals surface area contributed by atoms with Crippen LogP contribution in [0.25, 0.3) is 0 Å². The lowest BCUT2D eigenvalue weighted by Gasteiger charge is -2.41. The van der Waals surface area contributed by atoms with Gasteiger partial charge in [0, 0.05) is 6.61 Å². The quantitative estimate of drug-likeness (QED) is 0.224. The van der Waals surface area contributed by atoms with E-state index in [-0.39, 0.29) is 18.1 Å². The van der Waals surface area contributed by atoms with Crippen molar-refractivity contribution in [3.05, 3.63) is 60.7 Å². The number of hydrogen-bond acceptors (Lipinski definition) is 6. The molecule has 2 aromatic carbocycles. The Morgan fingerprint density at radius 2 is 1.11 bits per heavy atom. The molecule has 2 aromatic rings. The first-order chi connectivity index (χ1) is 16.9. The maximum atomic E-state index is 12.1. The van der Waals surface area contributed by atoms with Gasteiger partial charge in [-0.2, -0.15) is 0 Å². The number of aliphatic carboxylic acids is 1. The molecule has 35 heavy (non-hydrogen) atoms. The highest BCUT2D eigenvalue weighted by Gasteiger charge is 2.49. The smallest absolute Gasteiger partial charge is 0.305 e. The Bertz CT molecular complexity index is 790. The normalized spacial score (nSPS) is 12.1. The van der Waals surface area contributed by atoms with Crippen LogP contribution in [0.15, 0.2) is 60.7 Å². The number of carboxylic acid groups (broad SMARTS) is 1. The molecule has 0 spiro atoms. The molecule has 0 atom stereocenters. The van der Waals surface area contributed by atoms with Crippen LogP contribution in [0.3, 0.4) is 0 Å². The van der Waals surface area contributed by atoms with Crippen molar-refractivity contribution in [2.24, 2.45) is 0 Å². The predicted molar refractivity (Wildman–Crippen MR) is 139 cm³/mol. The average Bonchev–Trinajstić information content (AvgIpc) is 2.86. The number of carboxylic acids is 1. The molecule has 0 saturated heterocycles. The number of ether oxygens (including phenoxy) is 4. The third kappa shape index (κ3) is 9.83. The predicted octanol–water partition coefficient (Wildman–Crippen LogP) is 2.84. The molecular weight excluding hydrogens is 464 g/mol. The van der Waals surface area contributed by atoms with E-state index in [1.807, 2.05) is 60.7 Å². The maximum absolute atomic E-state index is 12.1. The Morgan fingerprint density at radius 1 is 0.714 bits per heavy atom. The van der Waals surface area contributed by atoms with E-state index in [1.165, 1.54) is 0 Å². The molecule has 0 unspecified atom stereocenters. The highest BCUT2D eigenvalue weighted by atomic mass is 28.4. The average molecular weight is 505 g/mol. The van der Waals surface area contributed by atoms with Crippen LogP contribution in [0.2, 0.25) is 5.04 Å². The van der Waals surface area contributed by atoms with Gasteiger partial charge < -0.3 is 28.8 Å². The summed E-state index contributed by atoms with van der Waals surface area (Å²) in [6, 6.07) is 20.1. The number of carbonyl (C=O) groups is 1. The van der Waals surface area contributed by atoms with Gasteiger partial charge in [0.2, 0.25) is 0 Å². The molecule has 0 amide bonds. The summed E-state index contributed by atoms with van der Waals surface area (Å²) in [5.41, 5.74) is 0. The minimum absolute atomic E-state index is 0.00344. The lowest BCUT2D eigenvalue weighted by atomic mass is 10.1. The molecule has 2 N–H and O–H groups in total. The van der Waals surface area contributed by atoms with Crippen molar-refractivity contribution < 1.29 is 33.6 Å². The standard InChI is InChI=1S/C27H40O7Si/c1-27(2,35(30,24-10-5-3-6-11-24)25-12-7-4-8-13-25)15-9-16-31-18-20-33-22-23-34-21-19-32-17-14-26(28)29/h3-8,10-13,30H,9,14-23H2,1-2H3,(H,28,29). The van der Waals surface area contributed by atoms with Crippen LogP contribution in [-0.4, -0.2) is 77.0 Å².